The third-order valence-corrected chi connectivity index (χ3v) is 3.41. The summed E-state index contributed by atoms with van der Waals surface area (Å²) in [4.78, 5) is 4.00. The molecule has 2 rings (SSSR count). The molecule has 19 heavy (non-hydrogen) atoms. The molecule has 0 bridgehead atoms. The van der Waals surface area contributed by atoms with Crippen LogP contribution >= 0.6 is 15.9 Å². The number of halogens is 2. The summed E-state index contributed by atoms with van der Waals surface area (Å²) in [5.74, 6) is 0.263. The molecular formula is C13H16BrFN4. The van der Waals surface area contributed by atoms with Crippen molar-refractivity contribution in [2.45, 2.75) is 33.4 Å². The van der Waals surface area contributed by atoms with Crippen molar-refractivity contribution in [2.75, 3.05) is 5.32 Å². The van der Waals surface area contributed by atoms with E-state index in [4.69, 9.17) is 0 Å². The third kappa shape index (κ3) is 3.32. The first kappa shape index (κ1) is 14.0. The van der Waals surface area contributed by atoms with Gasteiger partial charge in [-0.25, -0.2) is 9.37 Å². The first-order chi connectivity index (χ1) is 8.97. The molecule has 4 nitrogen and oxygen atoms in total. The monoisotopic (exact) mass is 326 g/mol. The molecule has 2 aromatic heterocycles. The van der Waals surface area contributed by atoms with Crippen LogP contribution in [0.5, 0.6) is 0 Å². The maximum absolute atomic E-state index is 12.9. The number of nitrogens with zero attached hydrogens (tertiary/aromatic N) is 3. The largest absolute Gasteiger partial charge is 0.365 e. The van der Waals surface area contributed by atoms with Gasteiger partial charge in [-0.1, -0.05) is 0 Å². The molecule has 1 N–H and O–H groups in total. The number of hydrogen-bond donors (Lipinski definition) is 1. The topological polar surface area (TPSA) is 42.7 Å². The van der Waals surface area contributed by atoms with Gasteiger partial charge >= 0.3 is 0 Å². The van der Waals surface area contributed by atoms with Gasteiger partial charge < -0.3 is 5.32 Å². The summed E-state index contributed by atoms with van der Waals surface area (Å²) in [5.41, 5.74) is 2.09. The van der Waals surface area contributed by atoms with Gasteiger partial charge in [-0.2, -0.15) is 5.10 Å². The van der Waals surface area contributed by atoms with Crippen LogP contribution < -0.4 is 5.32 Å². The molecule has 0 atom stereocenters. The molecule has 0 saturated heterocycles. The molecule has 2 aromatic rings. The third-order valence-electron chi connectivity index (χ3n) is 2.80. The first-order valence-corrected chi connectivity index (χ1v) is 6.86. The SMILES string of the molecule is Cc1nn(C(C)C)cc1CNc1ncc(F)cc1Br. The van der Waals surface area contributed by atoms with Gasteiger partial charge in [-0.15, -0.1) is 0 Å². The zero-order valence-corrected chi connectivity index (χ0v) is 12.7. The fraction of sp³-hybridized carbons (Fsp3) is 0.385. The lowest BCUT2D eigenvalue weighted by molar-refractivity contribution is 0.529. The number of nitrogens with one attached hydrogen (secondary N) is 1. The Bertz CT molecular complexity index is 580. The van der Waals surface area contributed by atoms with Crippen LogP contribution in [0, 0.1) is 12.7 Å². The number of rotatable bonds is 4. The zero-order chi connectivity index (χ0) is 14.0. The van der Waals surface area contributed by atoms with E-state index in [1.54, 1.807) is 0 Å². The lowest BCUT2D eigenvalue weighted by Crippen LogP contribution is -2.03. The van der Waals surface area contributed by atoms with Gasteiger partial charge in [-0.05, 0) is 42.8 Å². The van der Waals surface area contributed by atoms with Crippen LogP contribution in [0.4, 0.5) is 10.2 Å². The molecule has 0 aromatic carbocycles. The summed E-state index contributed by atoms with van der Waals surface area (Å²) in [6.07, 6.45) is 3.21. The Balaban J connectivity index is 2.10. The van der Waals surface area contributed by atoms with Gasteiger partial charge in [-0.3, -0.25) is 4.68 Å². The summed E-state index contributed by atoms with van der Waals surface area (Å²) in [5, 5.41) is 7.62. The molecule has 0 aliphatic heterocycles. The van der Waals surface area contributed by atoms with Gasteiger partial charge in [0, 0.05) is 24.3 Å². The minimum Gasteiger partial charge on any atom is -0.365 e. The number of aromatic nitrogens is 3. The number of hydrogen-bond acceptors (Lipinski definition) is 3. The van der Waals surface area contributed by atoms with Crippen molar-refractivity contribution >= 4 is 21.7 Å². The molecule has 0 amide bonds. The van der Waals surface area contributed by atoms with E-state index in [9.17, 15) is 4.39 Å². The molecule has 0 fully saturated rings. The molecule has 6 heteroatoms. The molecule has 2 heterocycles. The Labute approximate surface area is 120 Å². The summed E-state index contributed by atoms with van der Waals surface area (Å²) in [6, 6.07) is 1.72. The summed E-state index contributed by atoms with van der Waals surface area (Å²) in [7, 11) is 0. The van der Waals surface area contributed by atoms with Crippen LogP contribution in [0.1, 0.15) is 31.1 Å². The minimum absolute atomic E-state index is 0.336. The van der Waals surface area contributed by atoms with E-state index in [0.717, 1.165) is 11.3 Å². The van der Waals surface area contributed by atoms with E-state index in [2.05, 4.69) is 45.2 Å². The van der Waals surface area contributed by atoms with Crippen molar-refractivity contribution in [1.82, 2.24) is 14.8 Å². The maximum atomic E-state index is 12.9. The van der Waals surface area contributed by atoms with E-state index < -0.39 is 0 Å². The molecular weight excluding hydrogens is 311 g/mol. The van der Waals surface area contributed by atoms with E-state index in [1.807, 2.05) is 17.8 Å². The summed E-state index contributed by atoms with van der Waals surface area (Å²) < 4.78 is 15.5. The van der Waals surface area contributed by atoms with Gasteiger partial charge in [0.1, 0.15) is 11.6 Å². The van der Waals surface area contributed by atoms with E-state index in [-0.39, 0.29) is 5.82 Å². The summed E-state index contributed by atoms with van der Waals surface area (Å²) in [6.45, 7) is 6.75. The Morgan fingerprint density at radius 3 is 2.79 bits per heavy atom. The van der Waals surface area contributed by atoms with Crippen molar-refractivity contribution in [3.05, 3.63) is 40.0 Å². The van der Waals surface area contributed by atoms with Crippen molar-refractivity contribution in [2.24, 2.45) is 0 Å². The van der Waals surface area contributed by atoms with E-state index in [0.29, 0.717) is 22.9 Å². The number of anilines is 1. The molecule has 102 valence electrons. The van der Waals surface area contributed by atoms with Gasteiger partial charge in [0.25, 0.3) is 0 Å². The first-order valence-electron chi connectivity index (χ1n) is 6.07. The lowest BCUT2D eigenvalue weighted by Gasteiger charge is -2.06. The van der Waals surface area contributed by atoms with Crippen LogP contribution in [-0.2, 0) is 6.54 Å². The molecule has 0 radical (unpaired) electrons. The highest BCUT2D eigenvalue weighted by Gasteiger charge is 2.08. The van der Waals surface area contributed by atoms with Crippen molar-refractivity contribution in [3.8, 4) is 0 Å². The Morgan fingerprint density at radius 2 is 2.21 bits per heavy atom. The second-order valence-corrected chi connectivity index (χ2v) is 5.51. The second-order valence-electron chi connectivity index (χ2n) is 4.65. The fourth-order valence-electron chi connectivity index (χ4n) is 1.68. The average molecular weight is 327 g/mol. The van der Waals surface area contributed by atoms with Crippen LogP contribution in [0.25, 0.3) is 0 Å². The van der Waals surface area contributed by atoms with Crippen LogP contribution in [0.3, 0.4) is 0 Å². The maximum Gasteiger partial charge on any atom is 0.142 e. The predicted octanol–water partition coefficient (Wildman–Crippen LogP) is 3.68. The fourth-order valence-corrected chi connectivity index (χ4v) is 2.14. The zero-order valence-electron chi connectivity index (χ0n) is 11.1. The predicted molar refractivity (Wildman–Crippen MR) is 76.6 cm³/mol. The Hall–Kier alpha value is -1.43. The van der Waals surface area contributed by atoms with E-state index >= 15 is 0 Å². The van der Waals surface area contributed by atoms with Crippen molar-refractivity contribution < 1.29 is 4.39 Å². The van der Waals surface area contributed by atoms with Crippen LogP contribution in [-0.4, -0.2) is 14.8 Å². The van der Waals surface area contributed by atoms with Gasteiger partial charge in [0.2, 0.25) is 0 Å². The van der Waals surface area contributed by atoms with Gasteiger partial charge in [0.05, 0.1) is 16.4 Å². The standard InChI is InChI=1S/C13H16BrFN4/c1-8(2)19-7-10(9(3)18-19)5-16-13-12(14)4-11(15)6-17-13/h4,6-8H,5H2,1-3H3,(H,16,17). The normalized spacial score (nSPS) is 11.1. The molecule has 0 unspecified atom stereocenters. The molecule has 0 aliphatic rings. The smallest absolute Gasteiger partial charge is 0.142 e. The van der Waals surface area contributed by atoms with E-state index in [1.165, 1.54) is 12.3 Å². The minimum atomic E-state index is -0.360. The summed E-state index contributed by atoms with van der Waals surface area (Å²) >= 11 is 3.28. The lowest BCUT2D eigenvalue weighted by atomic mass is 10.2. The highest BCUT2D eigenvalue weighted by atomic mass is 79.9. The quantitative estimate of drug-likeness (QED) is 0.931. The average Bonchev–Trinajstić information content (AvgIpc) is 2.70. The van der Waals surface area contributed by atoms with Crippen molar-refractivity contribution in [1.29, 1.82) is 0 Å². The molecule has 0 aliphatic carbocycles. The Kier molecular flexibility index (Phi) is 4.19. The highest BCUT2D eigenvalue weighted by molar-refractivity contribution is 9.10. The number of pyridine rings is 1. The van der Waals surface area contributed by atoms with Crippen LogP contribution in [0.2, 0.25) is 0 Å². The van der Waals surface area contributed by atoms with Crippen LogP contribution in [0.15, 0.2) is 22.9 Å². The molecule has 0 saturated carbocycles. The second kappa shape index (κ2) is 5.69. The Morgan fingerprint density at radius 1 is 1.47 bits per heavy atom. The highest BCUT2D eigenvalue weighted by Crippen LogP contribution is 2.21. The van der Waals surface area contributed by atoms with Gasteiger partial charge in [0.15, 0.2) is 0 Å². The molecule has 0 spiro atoms. The van der Waals surface area contributed by atoms with Crippen molar-refractivity contribution in [3.63, 3.8) is 0 Å². The number of aryl methyl sites for hydroxylation is 1.